The third kappa shape index (κ3) is 4.85. The lowest BCUT2D eigenvalue weighted by molar-refractivity contribution is -0.118. The first kappa shape index (κ1) is 18.9. The fourth-order valence-corrected chi connectivity index (χ4v) is 2.92. The summed E-state index contributed by atoms with van der Waals surface area (Å²) in [5.74, 6) is 0.567. The predicted molar refractivity (Wildman–Crippen MR) is 100.0 cm³/mol. The van der Waals surface area contributed by atoms with Crippen molar-refractivity contribution in [2.45, 2.75) is 18.7 Å². The molecule has 0 aliphatic heterocycles. The Morgan fingerprint density at radius 3 is 2.85 bits per heavy atom. The number of halogens is 1. The van der Waals surface area contributed by atoms with Gasteiger partial charge in [-0.05, 0) is 36.2 Å². The molecule has 140 valence electrons. The summed E-state index contributed by atoms with van der Waals surface area (Å²) in [5.41, 5.74) is 1.96. The summed E-state index contributed by atoms with van der Waals surface area (Å²) >= 11 is 1.13. The molecule has 8 heteroatoms. The second-order valence-electron chi connectivity index (χ2n) is 5.72. The molecule has 3 aromatic rings. The van der Waals surface area contributed by atoms with E-state index in [1.165, 1.54) is 6.07 Å². The van der Waals surface area contributed by atoms with Gasteiger partial charge in [0.05, 0.1) is 18.4 Å². The number of hydrogen-bond donors (Lipinski definition) is 1. The molecule has 0 saturated carbocycles. The zero-order valence-electron chi connectivity index (χ0n) is 14.9. The quantitative estimate of drug-likeness (QED) is 0.624. The monoisotopic (exact) mass is 387 g/mol. The second kappa shape index (κ2) is 8.68. The van der Waals surface area contributed by atoms with Crippen molar-refractivity contribution in [1.82, 2.24) is 15.5 Å². The summed E-state index contributed by atoms with van der Waals surface area (Å²) in [6.45, 7) is 1.95. The average Bonchev–Trinajstić information content (AvgIpc) is 3.16. The summed E-state index contributed by atoms with van der Waals surface area (Å²) in [4.78, 5) is 12.0. The largest absolute Gasteiger partial charge is 0.496 e. The van der Waals surface area contributed by atoms with Gasteiger partial charge < -0.3 is 14.5 Å². The number of carbonyl (C=O) groups excluding carboxylic acids is 1. The van der Waals surface area contributed by atoms with Crippen molar-refractivity contribution in [3.63, 3.8) is 0 Å². The first-order valence-electron chi connectivity index (χ1n) is 8.18. The molecule has 3 rings (SSSR count). The maximum atomic E-state index is 13.5. The van der Waals surface area contributed by atoms with Gasteiger partial charge in [0, 0.05) is 6.54 Å². The Bertz CT molecular complexity index is 945. The molecule has 1 aromatic heterocycles. The molecule has 2 aromatic carbocycles. The van der Waals surface area contributed by atoms with E-state index in [2.05, 4.69) is 15.5 Å². The van der Waals surface area contributed by atoms with Gasteiger partial charge in [0.1, 0.15) is 11.6 Å². The number of hydrogen-bond acceptors (Lipinski definition) is 6. The number of methoxy groups -OCH3 is 1. The molecule has 0 bridgehead atoms. The van der Waals surface area contributed by atoms with Crippen molar-refractivity contribution in [2.24, 2.45) is 0 Å². The fourth-order valence-electron chi connectivity index (χ4n) is 2.32. The Morgan fingerprint density at radius 2 is 2.07 bits per heavy atom. The molecular formula is C19H18FN3O3S. The van der Waals surface area contributed by atoms with Gasteiger partial charge in [-0.25, -0.2) is 4.39 Å². The summed E-state index contributed by atoms with van der Waals surface area (Å²) in [5, 5.41) is 11.0. The third-order valence-corrected chi connectivity index (χ3v) is 4.61. The second-order valence-corrected chi connectivity index (χ2v) is 6.65. The highest BCUT2D eigenvalue weighted by molar-refractivity contribution is 7.99. The van der Waals surface area contributed by atoms with E-state index in [4.69, 9.17) is 9.15 Å². The highest BCUT2D eigenvalue weighted by Gasteiger charge is 2.14. The van der Waals surface area contributed by atoms with E-state index in [-0.39, 0.29) is 29.2 Å². The molecule has 0 radical (unpaired) electrons. The van der Waals surface area contributed by atoms with Gasteiger partial charge >= 0.3 is 0 Å². The number of aromatic nitrogens is 2. The summed E-state index contributed by atoms with van der Waals surface area (Å²) in [6.07, 6.45) is 0. The maximum absolute atomic E-state index is 13.5. The van der Waals surface area contributed by atoms with Crippen LogP contribution in [-0.4, -0.2) is 29.0 Å². The lowest BCUT2D eigenvalue weighted by Gasteiger charge is -2.05. The topological polar surface area (TPSA) is 77.2 Å². The Labute approximate surface area is 160 Å². The number of thioether (sulfide) groups is 1. The van der Waals surface area contributed by atoms with Crippen LogP contribution in [0.5, 0.6) is 5.75 Å². The van der Waals surface area contributed by atoms with Crippen molar-refractivity contribution >= 4 is 17.7 Å². The number of amides is 1. The van der Waals surface area contributed by atoms with Gasteiger partial charge in [0.15, 0.2) is 0 Å². The Balaban J connectivity index is 1.53. The lowest BCUT2D eigenvalue weighted by atomic mass is 10.1. The van der Waals surface area contributed by atoms with E-state index in [0.29, 0.717) is 28.3 Å². The van der Waals surface area contributed by atoms with Gasteiger partial charge in [-0.15, -0.1) is 10.2 Å². The Hall–Kier alpha value is -2.87. The van der Waals surface area contributed by atoms with Gasteiger partial charge in [-0.1, -0.05) is 36.0 Å². The predicted octanol–water partition coefficient (Wildman–Crippen LogP) is 3.60. The van der Waals surface area contributed by atoms with Crippen LogP contribution in [-0.2, 0) is 11.3 Å². The highest BCUT2D eigenvalue weighted by atomic mass is 32.2. The first-order valence-corrected chi connectivity index (χ1v) is 9.17. The molecule has 0 aliphatic rings. The molecule has 0 unspecified atom stereocenters. The van der Waals surface area contributed by atoms with Crippen LogP contribution in [0.25, 0.3) is 11.5 Å². The minimum atomic E-state index is -0.286. The number of nitrogens with one attached hydrogen (secondary N) is 1. The van der Waals surface area contributed by atoms with Crippen molar-refractivity contribution < 1.29 is 18.3 Å². The third-order valence-electron chi connectivity index (χ3n) is 3.80. The fraction of sp³-hybridized carbons (Fsp3) is 0.211. The van der Waals surface area contributed by atoms with Crippen LogP contribution in [0.3, 0.4) is 0 Å². The molecule has 0 aliphatic carbocycles. The van der Waals surface area contributed by atoms with Crippen LogP contribution in [0.1, 0.15) is 11.1 Å². The molecule has 0 saturated heterocycles. The number of rotatable bonds is 7. The molecule has 1 amide bonds. The van der Waals surface area contributed by atoms with Gasteiger partial charge in [0.2, 0.25) is 5.91 Å². The van der Waals surface area contributed by atoms with Crippen LogP contribution in [0, 0.1) is 12.7 Å². The lowest BCUT2D eigenvalue weighted by Crippen LogP contribution is -2.24. The van der Waals surface area contributed by atoms with E-state index in [9.17, 15) is 9.18 Å². The molecule has 0 spiro atoms. The van der Waals surface area contributed by atoms with Crippen molar-refractivity contribution in [3.05, 3.63) is 59.4 Å². The molecule has 27 heavy (non-hydrogen) atoms. The van der Waals surface area contributed by atoms with Crippen LogP contribution < -0.4 is 10.1 Å². The standard InChI is InChI=1S/C19H18FN3O3S/c1-12-7-8-13(9-15(12)20)10-21-17(24)11-27-19-23-22-18(26-19)14-5-3-4-6-16(14)25-2/h3-9H,10-11H2,1-2H3,(H,21,24). The smallest absolute Gasteiger partial charge is 0.277 e. The normalized spacial score (nSPS) is 10.6. The van der Waals surface area contributed by atoms with Crippen LogP contribution in [0.4, 0.5) is 4.39 Å². The molecule has 0 fully saturated rings. The van der Waals surface area contributed by atoms with Crippen LogP contribution in [0.15, 0.2) is 52.1 Å². The SMILES string of the molecule is COc1ccccc1-c1nnc(SCC(=O)NCc2ccc(C)c(F)c2)o1. The molecular weight excluding hydrogens is 369 g/mol. The number of ether oxygens (including phenoxy) is 1. The van der Waals surface area contributed by atoms with E-state index in [1.54, 1.807) is 32.2 Å². The number of para-hydroxylation sites is 1. The zero-order chi connectivity index (χ0) is 19.2. The van der Waals surface area contributed by atoms with Gasteiger partial charge in [-0.3, -0.25) is 4.79 Å². The summed E-state index contributed by atoms with van der Waals surface area (Å²) in [6, 6.07) is 12.2. The van der Waals surface area contributed by atoms with E-state index < -0.39 is 0 Å². The zero-order valence-corrected chi connectivity index (χ0v) is 15.7. The Morgan fingerprint density at radius 1 is 1.26 bits per heavy atom. The highest BCUT2D eigenvalue weighted by Crippen LogP contribution is 2.30. The average molecular weight is 387 g/mol. The van der Waals surface area contributed by atoms with Crippen molar-refractivity contribution in [1.29, 1.82) is 0 Å². The minimum Gasteiger partial charge on any atom is -0.496 e. The van der Waals surface area contributed by atoms with Crippen molar-refractivity contribution in [2.75, 3.05) is 12.9 Å². The molecule has 6 nitrogen and oxygen atoms in total. The Kier molecular flexibility index (Phi) is 6.08. The number of aryl methyl sites for hydroxylation is 1. The maximum Gasteiger partial charge on any atom is 0.277 e. The summed E-state index contributed by atoms with van der Waals surface area (Å²) in [7, 11) is 1.56. The van der Waals surface area contributed by atoms with Crippen molar-refractivity contribution in [3.8, 4) is 17.2 Å². The number of nitrogens with zero attached hydrogens (tertiary/aromatic N) is 2. The molecule has 0 atom stereocenters. The minimum absolute atomic E-state index is 0.113. The van der Waals surface area contributed by atoms with E-state index in [0.717, 1.165) is 11.8 Å². The number of benzene rings is 2. The molecule has 1 N–H and O–H groups in total. The van der Waals surface area contributed by atoms with Crippen LogP contribution in [0.2, 0.25) is 0 Å². The summed E-state index contributed by atoms with van der Waals surface area (Å²) < 4.78 is 24.4. The first-order chi connectivity index (χ1) is 13.1. The van der Waals surface area contributed by atoms with Gasteiger partial charge in [0.25, 0.3) is 11.1 Å². The number of carbonyl (C=O) groups is 1. The molecule has 1 heterocycles. The van der Waals surface area contributed by atoms with Gasteiger partial charge in [-0.2, -0.15) is 0 Å². The van der Waals surface area contributed by atoms with E-state index >= 15 is 0 Å². The van der Waals surface area contributed by atoms with E-state index in [1.807, 2.05) is 18.2 Å². The van der Waals surface area contributed by atoms with Crippen LogP contribution >= 0.6 is 11.8 Å².